The number of carbonyl (C=O) groups is 1. The number of nitrogens with two attached hydrogens (primary N) is 1. The van der Waals surface area contributed by atoms with Gasteiger partial charge in [-0.05, 0) is 26.0 Å². The van der Waals surface area contributed by atoms with Crippen molar-refractivity contribution in [1.29, 1.82) is 0 Å². The number of aromatic nitrogens is 2. The van der Waals surface area contributed by atoms with Gasteiger partial charge in [-0.2, -0.15) is 0 Å². The highest BCUT2D eigenvalue weighted by Gasteiger charge is 2.19. The number of nitrogens with one attached hydrogen (secondary N) is 1. The van der Waals surface area contributed by atoms with Crippen LogP contribution < -0.4 is 11.1 Å². The lowest BCUT2D eigenvalue weighted by Gasteiger charge is -2.23. The van der Waals surface area contributed by atoms with Gasteiger partial charge in [-0.15, -0.1) is 11.3 Å². The molecule has 0 atom stereocenters. The lowest BCUT2D eigenvalue weighted by Crippen LogP contribution is -2.49. The van der Waals surface area contributed by atoms with Crippen LogP contribution in [0.2, 0.25) is 0 Å². The first-order chi connectivity index (χ1) is 9.50. The molecule has 3 N–H and O–H groups in total. The van der Waals surface area contributed by atoms with Gasteiger partial charge in [0.15, 0.2) is 0 Å². The standard InChI is InChI=1S/C14H18N4OS/c1-14(2,9-15)18-12(19)6-11-8-20-13(17-11)10-4-3-5-16-7-10/h3-5,7-8H,6,9,15H2,1-2H3,(H,18,19). The van der Waals surface area contributed by atoms with E-state index in [-0.39, 0.29) is 17.9 Å². The quantitative estimate of drug-likeness (QED) is 0.876. The molecule has 0 radical (unpaired) electrons. The molecular formula is C14H18N4OS. The minimum Gasteiger partial charge on any atom is -0.350 e. The molecule has 106 valence electrons. The first-order valence-electron chi connectivity index (χ1n) is 6.36. The SMILES string of the molecule is CC(C)(CN)NC(=O)Cc1csc(-c2cccnc2)n1. The summed E-state index contributed by atoms with van der Waals surface area (Å²) in [5, 5.41) is 5.67. The van der Waals surface area contributed by atoms with Crippen LogP contribution in [-0.2, 0) is 11.2 Å². The monoisotopic (exact) mass is 290 g/mol. The molecule has 2 aromatic heterocycles. The number of nitrogens with zero attached hydrogens (tertiary/aromatic N) is 2. The van der Waals surface area contributed by atoms with Crippen molar-refractivity contribution in [2.45, 2.75) is 25.8 Å². The fraction of sp³-hybridized carbons (Fsp3) is 0.357. The van der Waals surface area contributed by atoms with Gasteiger partial charge in [0, 0.05) is 35.4 Å². The molecule has 0 unspecified atom stereocenters. The zero-order valence-corrected chi connectivity index (χ0v) is 12.4. The second kappa shape index (κ2) is 6.11. The highest BCUT2D eigenvalue weighted by atomic mass is 32.1. The van der Waals surface area contributed by atoms with Gasteiger partial charge in [-0.3, -0.25) is 9.78 Å². The van der Waals surface area contributed by atoms with Gasteiger partial charge in [0.2, 0.25) is 5.91 Å². The van der Waals surface area contributed by atoms with Crippen LogP contribution >= 0.6 is 11.3 Å². The van der Waals surface area contributed by atoms with E-state index in [9.17, 15) is 4.79 Å². The van der Waals surface area contributed by atoms with E-state index in [2.05, 4.69) is 15.3 Å². The van der Waals surface area contributed by atoms with E-state index in [1.54, 1.807) is 12.4 Å². The molecule has 0 spiro atoms. The van der Waals surface area contributed by atoms with Crippen molar-refractivity contribution in [3.05, 3.63) is 35.6 Å². The minimum atomic E-state index is -0.390. The summed E-state index contributed by atoms with van der Waals surface area (Å²) in [6.45, 7) is 4.19. The maximum atomic E-state index is 11.9. The maximum absolute atomic E-state index is 11.9. The first kappa shape index (κ1) is 14.6. The van der Waals surface area contributed by atoms with Crippen molar-refractivity contribution < 1.29 is 4.79 Å². The third-order valence-electron chi connectivity index (χ3n) is 2.79. The Morgan fingerprint density at radius 3 is 2.95 bits per heavy atom. The molecule has 1 amide bonds. The zero-order valence-electron chi connectivity index (χ0n) is 11.6. The van der Waals surface area contributed by atoms with Gasteiger partial charge in [0.05, 0.1) is 12.1 Å². The zero-order chi connectivity index (χ0) is 14.6. The van der Waals surface area contributed by atoms with Crippen LogP contribution in [0.15, 0.2) is 29.9 Å². The molecule has 0 aromatic carbocycles. The van der Waals surface area contributed by atoms with Crippen LogP contribution in [0.25, 0.3) is 10.6 Å². The Hall–Kier alpha value is -1.79. The summed E-state index contributed by atoms with van der Waals surface area (Å²) < 4.78 is 0. The van der Waals surface area contributed by atoms with Gasteiger partial charge in [-0.25, -0.2) is 4.98 Å². The summed E-state index contributed by atoms with van der Waals surface area (Å²) in [7, 11) is 0. The van der Waals surface area contributed by atoms with Gasteiger partial charge in [0.1, 0.15) is 5.01 Å². The smallest absolute Gasteiger partial charge is 0.226 e. The van der Waals surface area contributed by atoms with Crippen LogP contribution in [0, 0.1) is 0 Å². The molecule has 0 aliphatic heterocycles. The molecule has 5 nitrogen and oxygen atoms in total. The van der Waals surface area contributed by atoms with E-state index in [4.69, 9.17) is 5.73 Å². The van der Waals surface area contributed by atoms with Crippen molar-refractivity contribution in [1.82, 2.24) is 15.3 Å². The van der Waals surface area contributed by atoms with Crippen molar-refractivity contribution in [2.24, 2.45) is 5.73 Å². The van der Waals surface area contributed by atoms with Crippen molar-refractivity contribution in [2.75, 3.05) is 6.54 Å². The average molecular weight is 290 g/mol. The van der Waals surface area contributed by atoms with Gasteiger partial charge >= 0.3 is 0 Å². The molecule has 0 saturated carbocycles. The topological polar surface area (TPSA) is 80.9 Å². The Morgan fingerprint density at radius 2 is 2.30 bits per heavy atom. The number of thiazole rings is 1. The van der Waals surface area contributed by atoms with Crippen LogP contribution in [0.4, 0.5) is 0 Å². The van der Waals surface area contributed by atoms with Crippen LogP contribution in [0.5, 0.6) is 0 Å². The van der Waals surface area contributed by atoms with Gasteiger partial charge in [0.25, 0.3) is 0 Å². The Morgan fingerprint density at radius 1 is 1.50 bits per heavy atom. The predicted octanol–water partition coefficient (Wildman–Crippen LogP) is 1.60. The Bertz CT molecular complexity index is 580. The number of hydrogen-bond donors (Lipinski definition) is 2. The third kappa shape index (κ3) is 3.85. The molecule has 20 heavy (non-hydrogen) atoms. The fourth-order valence-corrected chi connectivity index (χ4v) is 2.46. The number of hydrogen-bond acceptors (Lipinski definition) is 5. The van der Waals surface area contributed by atoms with E-state index in [0.29, 0.717) is 6.54 Å². The Balaban J connectivity index is 2.02. The Kier molecular flexibility index (Phi) is 4.46. The summed E-state index contributed by atoms with van der Waals surface area (Å²) in [6, 6.07) is 3.82. The third-order valence-corrected chi connectivity index (χ3v) is 3.73. The number of carbonyl (C=O) groups excluding carboxylic acids is 1. The number of rotatable bonds is 5. The summed E-state index contributed by atoms with van der Waals surface area (Å²) in [4.78, 5) is 20.4. The largest absolute Gasteiger partial charge is 0.350 e. The van der Waals surface area contributed by atoms with E-state index >= 15 is 0 Å². The molecule has 0 aliphatic rings. The molecule has 2 heterocycles. The lowest BCUT2D eigenvalue weighted by molar-refractivity contribution is -0.121. The van der Waals surface area contributed by atoms with Crippen molar-refractivity contribution in [3.63, 3.8) is 0 Å². The van der Waals surface area contributed by atoms with E-state index in [1.165, 1.54) is 11.3 Å². The molecule has 2 aromatic rings. The maximum Gasteiger partial charge on any atom is 0.226 e. The molecule has 0 saturated heterocycles. The minimum absolute atomic E-state index is 0.0662. The molecule has 0 fully saturated rings. The van der Waals surface area contributed by atoms with Crippen molar-refractivity contribution in [3.8, 4) is 10.6 Å². The summed E-state index contributed by atoms with van der Waals surface area (Å²) in [5.41, 5.74) is 6.93. The molecule has 0 bridgehead atoms. The second-order valence-electron chi connectivity index (χ2n) is 5.20. The average Bonchev–Trinajstić information content (AvgIpc) is 2.87. The molecule has 6 heteroatoms. The number of pyridine rings is 1. The first-order valence-corrected chi connectivity index (χ1v) is 7.24. The van der Waals surface area contributed by atoms with E-state index in [0.717, 1.165) is 16.3 Å². The van der Waals surface area contributed by atoms with Crippen LogP contribution in [-0.4, -0.2) is 28.0 Å². The highest BCUT2D eigenvalue weighted by molar-refractivity contribution is 7.13. The fourth-order valence-electron chi connectivity index (χ4n) is 1.65. The summed E-state index contributed by atoms with van der Waals surface area (Å²) in [5.74, 6) is -0.0662. The van der Waals surface area contributed by atoms with Crippen molar-refractivity contribution >= 4 is 17.2 Å². The second-order valence-corrected chi connectivity index (χ2v) is 6.06. The van der Waals surface area contributed by atoms with Gasteiger partial charge < -0.3 is 11.1 Å². The molecular weight excluding hydrogens is 272 g/mol. The molecule has 2 rings (SSSR count). The van der Waals surface area contributed by atoms with Crippen LogP contribution in [0.3, 0.4) is 0 Å². The summed E-state index contributed by atoms with van der Waals surface area (Å²) in [6.07, 6.45) is 3.75. The normalized spacial score (nSPS) is 11.3. The molecule has 0 aliphatic carbocycles. The predicted molar refractivity (Wildman–Crippen MR) is 80.3 cm³/mol. The van der Waals surface area contributed by atoms with E-state index in [1.807, 2.05) is 31.4 Å². The number of amides is 1. The Labute approximate surface area is 122 Å². The lowest BCUT2D eigenvalue weighted by atomic mass is 10.1. The van der Waals surface area contributed by atoms with Gasteiger partial charge in [-0.1, -0.05) is 0 Å². The highest BCUT2D eigenvalue weighted by Crippen LogP contribution is 2.22. The summed E-state index contributed by atoms with van der Waals surface area (Å²) >= 11 is 1.51. The van der Waals surface area contributed by atoms with E-state index < -0.39 is 0 Å². The van der Waals surface area contributed by atoms with Crippen LogP contribution in [0.1, 0.15) is 19.5 Å².